The van der Waals surface area contributed by atoms with Gasteiger partial charge in [0.15, 0.2) is 0 Å². The highest BCUT2D eigenvalue weighted by Crippen LogP contribution is 2.35. The third-order valence-corrected chi connectivity index (χ3v) is 7.46. The van der Waals surface area contributed by atoms with E-state index < -0.39 is 0 Å². The minimum absolute atomic E-state index is 0.347. The molecule has 174 valence electrons. The minimum atomic E-state index is -0.387. The van der Waals surface area contributed by atoms with Crippen LogP contribution in [0.4, 0.5) is 10.5 Å². The Bertz CT molecular complexity index is 1320. The van der Waals surface area contributed by atoms with Crippen molar-refractivity contribution in [3.63, 3.8) is 0 Å². The van der Waals surface area contributed by atoms with Crippen LogP contribution in [0.2, 0.25) is 5.02 Å². The zero-order valence-corrected chi connectivity index (χ0v) is 20.6. The van der Waals surface area contributed by atoms with Crippen LogP contribution < -0.4 is 10.2 Å². The average Bonchev–Trinajstić information content (AvgIpc) is 3.15. The number of nitrogens with one attached hydrogen (secondary N) is 1. The summed E-state index contributed by atoms with van der Waals surface area (Å²) in [5, 5.41) is 4.65. The predicted octanol–water partition coefficient (Wildman–Crippen LogP) is 5.41. The Hall–Kier alpha value is -2.87. The highest BCUT2D eigenvalue weighted by molar-refractivity contribution is 8.18. The number of piperazine rings is 1. The number of imide groups is 1. The summed E-state index contributed by atoms with van der Waals surface area (Å²) in [6.45, 7) is 8.46. The molecule has 2 aliphatic heterocycles. The van der Waals surface area contributed by atoms with Crippen LogP contribution in [0.1, 0.15) is 19.5 Å². The molecule has 2 aliphatic rings. The molecule has 2 aromatic carbocycles. The Morgan fingerprint density at radius 2 is 1.88 bits per heavy atom. The van der Waals surface area contributed by atoms with Crippen LogP contribution in [-0.4, -0.2) is 53.3 Å². The SMILES string of the molecule is CC(C)N1CCN(c2ccc(-c3cccc4cnc(C=C5SC(=O)NC5=O)cc34)cc2Cl)CC1. The largest absolute Gasteiger partial charge is 0.368 e. The van der Waals surface area contributed by atoms with Crippen molar-refractivity contribution in [3.05, 3.63) is 64.3 Å². The molecule has 2 amide bonds. The van der Waals surface area contributed by atoms with Gasteiger partial charge in [0.05, 0.1) is 21.3 Å². The van der Waals surface area contributed by atoms with E-state index >= 15 is 0 Å². The van der Waals surface area contributed by atoms with Crippen molar-refractivity contribution >= 4 is 57.0 Å². The number of aromatic nitrogens is 1. The second kappa shape index (κ2) is 9.41. The number of rotatable bonds is 4. The van der Waals surface area contributed by atoms with Gasteiger partial charge in [0, 0.05) is 43.8 Å². The summed E-state index contributed by atoms with van der Waals surface area (Å²) in [7, 11) is 0. The predicted molar refractivity (Wildman–Crippen MR) is 140 cm³/mol. The lowest BCUT2D eigenvalue weighted by atomic mass is 9.98. The maximum atomic E-state index is 11.9. The molecule has 0 aliphatic carbocycles. The maximum Gasteiger partial charge on any atom is 0.290 e. The first-order valence-electron chi connectivity index (χ1n) is 11.3. The number of thioether (sulfide) groups is 1. The molecule has 6 nitrogen and oxygen atoms in total. The van der Waals surface area contributed by atoms with Crippen LogP contribution >= 0.6 is 23.4 Å². The van der Waals surface area contributed by atoms with Gasteiger partial charge in [-0.1, -0.05) is 35.9 Å². The van der Waals surface area contributed by atoms with E-state index in [9.17, 15) is 9.59 Å². The van der Waals surface area contributed by atoms with Gasteiger partial charge < -0.3 is 4.90 Å². The number of carbonyl (C=O) groups excluding carboxylic acids is 2. The van der Waals surface area contributed by atoms with Gasteiger partial charge in [0.1, 0.15) is 0 Å². The van der Waals surface area contributed by atoms with Crippen LogP contribution in [0.3, 0.4) is 0 Å². The summed E-state index contributed by atoms with van der Waals surface area (Å²) in [5.74, 6) is -0.387. The van der Waals surface area contributed by atoms with Crippen LogP contribution in [0.5, 0.6) is 0 Å². The molecule has 3 heterocycles. The number of hydrogen-bond acceptors (Lipinski definition) is 6. The Morgan fingerprint density at radius 1 is 1.09 bits per heavy atom. The van der Waals surface area contributed by atoms with Crippen LogP contribution in [0.25, 0.3) is 28.0 Å². The number of hydrogen-bond donors (Lipinski definition) is 1. The van der Waals surface area contributed by atoms with E-state index in [-0.39, 0.29) is 11.1 Å². The molecule has 2 saturated heterocycles. The Kier molecular flexibility index (Phi) is 6.34. The number of fused-ring (bicyclic) bond motifs is 1. The molecule has 2 fully saturated rings. The summed E-state index contributed by atoms with van der Waals surface area (Å²) in [6, 6.07) is 14.8. The number of amides is 2. The Morgan fingerprint density at radius 3 is 2.56 bits per heavy atom. The fourth-order valence-corrected chi connectivity index (χ4v) is 5.45. The molecule has 3 aromatic rings. The monoisotopic (exact) mass is 492 g/mol. The van der Waals surface area contributed by atoms with Crippen molar-refractivity contribution in [3.8, 4) is 11.1 Å². The van der Waals surface area contributed by atoms with Gasteiger partial charge >= 0.3 is 0 Å². The van der Waals surface area contributed by atoms with E-state index in [1.54, 1.807) is 12.3 Å². The third-order valence-electron chi connectivity index (χ3n) is 6.35. The third kappa shape index (κ3) is 4.56. The van der Waals surface area contributed by atoms with E-state index in [1.807, 2.05) is 24.3 Å². The quantitative estimate of drug-likeness (QED) is 0.491. The van der Waals surface area contributed by atoms with Crippen molar-refractivity contribution < 1.29 is 9.59 Å². The highest BCUT2D eigenvalue weighted by atomic mass is 35.5. The fourth-order valence-electron chi connectivity index (χ4n) is 4.48. The fraction of sp³-hybridized carbons (Fsp3) is 0.269. The number of anilines is 1. The molecule has 1 N–H and O–H groups in total. The zero-order valence-electron chi connectivity index (χ0n) is 19.0. The van der Waals surface area contributed by atoms with Crippen molar-refractivity contribution in [2.45, 2.75) is 19.9 Å². The van der Waals surface area contributed by atoms with Crippen LogP contribution in [0.15, 0.2) is 53.6 Å². The van der Waals surface area contributed by atoms with Gasteiger partial charge in [-0.25, -0.2) is 0 Å². The van der Waals surface area contributed by atoms with E-state index in [2.05, 4.69) is 52.1 Å². The minimum Gasteiger partial charge on any atom is -0.368 e. The van der Waals surface area contributed by atoms with E-state index in [0.29, 0.717) is 16.6 Å². The first-order valence-corrected chi connectivity index (χ1v) is 12.5. The summed E-state index contributed by atoms with van der Waals surface area (Å²) in [4.78, 5) is 33.0. The van der Waals surface area contributed by atoms with Crippen molar-refractivity contribution in [2.75, 3.05) is 31.1 Å². The first-order chi connectivity index (χ1) is 16.4. The van der Waals surface area contributed by atoms with Gasteiger partial charge in [0.25, 0.3) is 11.1 Å². The summed E-state index contributed by atoms with van der Waals surface area (Å²) in [5.41, 5.74) is 3.75. The number of halogens is 1. The van der Waals surface area contributed by atoms with Gasteiger partial charge in [-0.3, -0.25) is 24.8 Å². The molecule has 0 bridgehead atoms. The van der Waals surface area contributed by atoms with Crippen molar-refractivity contribution in [2.24, 2.45) is 0 Å². The standard InChI is InChI=1S/C26H25ClN4O2S/c1-16(2)30-8-10-31(11-9-30)23-7-6-17(12-22(23)27)20-5-3-4-18-15-28-19(13-21(18)20)14-24-25(32)29-26(33)34-24/h3-7,12-16H,8-11H2,1-2H3,(H,29,32,33). The van der Waals surface area contributed by atoms with Crippen molar-refractivity contribution in [1.29, 1.82) is 0 Å². The van der Waals surface area contributed by atoms with Crippen LogP contribution in [-0.2, 0) is 4.79 Å². The highest BCUT2D eigenvalue weighted by Gasteiger charge is 2.25. The topological polar surface area (TPSA) is 65.5 Å². The lowest BCUT2D eigenvalue weighted by molar-refractivity contribution is -0.115. The molecule has 8 heteroatoms. The average molecular weight is 493 g/mol. The van der Waals surface area contributed by atoms with Crippen molar-refractivity contribution in [1.82, 2.24) is 15.2 Å². The number of benzene rings is 2. The number of carbonyl (C=O) groups is 2. The normalized spacial score (nSPS) is 18.4. The van der Waals surface area contributed by atoms with E-state index in [1.165, 1.54) is 0 Å². The summed E-state index contributed by atoms with van der Waals surface area (Å²) in [6.07, 6.45) is 3.43. The number of nitrogens with zero attached hydrogens (tertiary/aromatic N) is 3. The molecule has 0 atom stereocenters. The van der Waals surface area contributed by atoms with Gasteiger partial charge in [-0.05, 0) is 66.4 Å². The molecular weight excluding hydrogens is 468 g/mol. The van der Waals surface area contributed by atoms with Gasteiger partial charge in [0.2, 0.25) is 0 Å². The molecule has 0 radical (unpaired) electrons. The summed E-state index contributed by atoms with van der Waals surface area (Å²) >= 11 is 7.67. The van der Waals surface area contributed by atoms with Crippen LogP contribution in [0, 0.1) is 0 Å². The molecule has 5 rings (SSSR count). The van der Waals surface area contributed by atoms with E-state index in [0.717, 1.165) is 70.6 Å². The Balaban J connectivity index is 1.46. The molecule has 0 unspecified atom stereocenters. The lowest BCUT2D eigenvalue weighted by Crippen LogP contribution is -2.49. The molecular formula is C26H25ClN4O2S. The van der Waals surface area contributed by atoms with Gasteiger partial charge in [-0.2, -0.15) is 0 Å². The molecule has 1 aromatic heterocycles. The summed E-state index contributed by atoms with van der Waals surface area (Å²) < 4.78 is 0. The molecule has 0 spiro atoms. The Labute approximate surface area is 208 Å². The number of pyridine rings is 1. The molecule has 34 heavy (non-hydrogen) atoms. The van der Waals surface area contributed by atoms with Gasteiger partial charge in [-0.15, -0.1) is 0 Å². The molecule has 0 saturated carbocycles. The smallest absolute Gasteiger partial charge is 0.290 e. The second-order valence-electron chi connectivity index (χ2n) is 8.77. The first kappa shape index (κ1) is 22.9. The maximum absolute atomic E-state index is 11.9. The zero-order chi connectivity index (χ0) is 23.8. The second-order valence-corrected chi connectivity index (χ2v) is 10.2. The van der Waals surface area contributed by atoms with E-state index in [4.69, 9.17) is 11.6 Å². The lowest BCUT2D eigenvalue weighted by Gasteiger charge is -2.38.